The van der Waals surface area contributed by atoms with Crippen molar-refractivity contribution < 1.29 is 0 Å². The average molecular weight is 342 g/mol. The molecule has 0 aromatic carbocycles. The van der Waals surface area contributed by atoms with Gasteiger partial charge in [0, 0.05) is 51.9 Å². The molecule has 0 amide bonds. The van der Waals surface area contributed by atoms with Gasteiger partial charge in [0.15, 0.2) is 0 Å². The molecule has 0 aliphatic carbocycles. The number of nitrogens with zero attached hydrogens (tertiary/aromatic N) is 6. The van der Waals surface area contributed by atoms with Gasteiger partial charge in [-0.2, -0.15) is 10.2 Å². The van der Waals surface area contributed by atoms with Crippen LogP contribution in [0.4, 0.5) is 0 Å². The van der Waals surface area contributed by atoms with Crippen molar-refractivity contribution in [3.05, 3.63) is 35.4 Å². The van der Waals surface area contributed by atoms with E-state index in [1.54, 1.807) is 0 Å². The number of aromatic nitrogens is 4. The van der Waals surface area contributed by atoms with Crippen molar-refractivity contribution in [1.29, 1.82) is 0 Å². The zero-order valence-electron chi connectivity index (χ0n) is 15.6. The Morgan fingerprint density at radius 2 is 1.96 bits per heavy atom. The van der Waals surface area contributed by atoms with Crippen LogP contribution < -0.4 is 0 Å². The maximum absolute atomic E-state index is 4.58. The predicted octanol–water partition coefficient (Wildman–Crippen LogP) is 2.04. The van der Waals surface area contributed by atoms with Gasteiger partial charge in [-0.3, -0.25) is 14.3 Å². The average Bonchev–Trinajstić information content (AvgIpc) is 3.10. The lowest BCUT2D eigenvalue weighted by Gasteiger charge is -2.31. The third kappa shape index (κ3) is 3.96. The molecule has 0 unspecified atom stereocenters. The monoisotopic (exact) mass is 342 g/mol. The summed E-state index contributed by atoms with van der Waals surface area (Å²) in [5, 5.41) is 9.09. The van der Waals surface area contributed by atoms with Gasteiger partial charge in [-0.1, -0.05) is 6.42 Å². The van der Waals surface area contributed by atoms with Crippen LogP contribution in [0.25, 0.3) is 0 Å². The first-order chi connectivity index (χ1) is 12.2. The Balaban J connectivity index is 1.49. The second-order valence-corrected chi connectivity index (χ2v) is 7.80. The van der Waals surface area contributed by atoms with E-state index in [2.05, 4.69) is 50.8 Å². The lowest BCUT2D eigenvalue weighted by molar-refractivity contribution is 0.149. The first-order valence-corrected chi connectivity index (χ1v) is 9.62. The quantitative estimate of drug-likeness (QED) is 0.853. The molecule has 0 saturated carbocycles. The smallest absolute Gasteiger partial charge is 0.0597 e. The van der Waals surface area contributed by atoms with Crippen molar-refractivity contribution in [3.63, 3.8) is 0 Å². The first kappa shape index (κ1) is 16.8. The summed E-state index contributed by atoms with van der Waals surface area (Å²) in [6, 6.07) is 4.38. The van der Waals surface area contributed by atoms with E-state index in [1.165, 1.54) is 50.3 Å². The van der Waals surface area contributed by atoms with Gasteiger partial charge < -0.3 is 4.90 Å². The highest BCUT2D eigenvalue weighted by Gasteiger charge is 2.25. The van der Waals surface area contributed by atoms with Gasteiger partial charge in [0.1, 0.15) is 0 Å². The van der Waals surface area contributed by atoms with E-state index >= 15 is 0 Å². The summed E-state index contributed by atoms with van der Waals surface area (Å²) in [6.07, 6.45) is 6.07. The number of aryl methyl sites for hydroxylation is 2. The molecule has 2 aromatic rings. The summed E-state index contributed by atoms with van der Waals surface area (Å²) in [7, 11) is 2.05. The fourth-order valence-electron chi connectivity index (χ4n) is 4.40. The number of hydrogen-bond acceptors (Lipinski definition) is 4. The maximum Gasteiger partial charge on any atom is 0.0597 e. The normalized spacial score (nSPS) is 22.7. The standard InChI is InChI=1S/C19H30N6/c1-16-10-19(22(2)21-16)15-24-12-17(11-23-8-4-3-5-9-23)13-25-18(14-24)6-7-20-25/h6-7,10,17H,3-5,8-9,11-15H2,1-2H3/t17-/m0/s1. The van der Waals surface area contributed by atoms with E-state index in [9.17, 15) is 0 Å². The Morgan fingerprint density at radius 3 is 2.72 bits per heavy atom. The second-order valence-electron chi connectivity index (χ2n) is 7.80. The van der Waals surface area contributed by atoms with Crippen molar-refractivity contribution in [2.75, 3.05) is 26.2 Å². The van der Waals surface area contributed by atoms with Crippen molar-refractivity contribution >= 4 is 0 Å². The molecule has 4 rings (SSSR count). The molecule has 25 heavy (non-hydrogen) atoms. The van der Waals surface area contributed by atoms with Crippen LogP contribution in [0.2, 0.25) is 0 Å². The van der Waals surface area contributed by atoms with Crippen molar-refractivity contribution in [1.82, 2.24) is 29.4 Å². The maximum atomic E-state index is 4.58. The zero-order chi connectivity index (χ0) is 17.2. The molecule has 6 nitrogen and oxygen atoms in total. The highest BCUT2D eigenvalue weighted by Crippen LogP contribution is 2.20. The molecule has 2 aromatic heterocycles. The van der Waals surface area contributed by atoms with Gasteiger partial charge in [-0.25, -0.2) is 0 Å². The number of piperidine rings is 1. The molecule has 2 aliphatic rings. The van der Waals surface area contributed by atoms with Crippen LogP contribution in [-0.4, -0.2) is 55.5 Å². The fourth-order valence-corrected chi connectivity index (χ4v) is 4.40. The molecule has 136 valence electrons. The van der Waals surface area contributed by atoms with Crippen LogP contribution in [0.5, 0.6) is 0 Å². The summed E-state index contributed by atoms with van der Waals surface area (Å²) >= 11 is 0. The van der Waals surface area contributed by atoms with Gasteiger partial charge in [0.2, 0.25) is 0 Å². The molecule has 4 heterocycles. The van der Waals surface area contributed by atoms with Gasteiger partial charge in [-0.05, 0) is 45.0 Å². The number of rotatable bonds is 4. The molecule has 1 atom stereocenters. The predicted molar refractivity (Wildman–Crippen MR) is 98.1 cm³/mol. The third-order valence-electron chi connectivity index (χ3n) is 5.59. The van der Waals surface area contributed by atoms with Gasteiger partial charge >= 0.3 is 0 Å². The lowest BCUT2D eigenvalue weighted by Crippen LogP contribution is -2.39. The minimum atomic E-state index is 0.633. The van der Waals surface area contributed by atoms with Gasteiger partial charge in [0.05, 0.1) is 17.1 Å². The molecular weight excluding hydrogens is 312 g/mol. The second kappa shape index (κ2) is 7.30. The topological polar surface area (TPSA) is 42.1 Å². The summed E-state index contributed by atoms with van der Waals surface area (Å²) in [4.78, 5) is 5.24. The van der Waals surface area contributed by atoms with Gasteiger partial charge in [0.25, 0.3) is 0 Å². The molecule has 1 fully saturated rings. The van der Waals surface area contributed by atoms with Crippen LogP contribution >= 0.6 is 0 Å². The van der Waals surface area contributed by atoms with Crippen LogP contribution in [-0.2, 0) is 26.7 Å². The Labute approximate surface area is 150 Å². The molecule has 2 aliphatic heterocycles. The zero-order valence-corrected chi connectivity index (χ0v) is 15.6. The highest BCUT2D eigenvalue weighted by atomic mass is 15.3. The summed E-state index contributed by atoms with van der Waals surface area (Å²) in [5.41, 5.74) is 3.73. The lowest BCUT2D eigenvalue weighted by atomic mass is 10.1. The number of hydrogen-bond donors (Lipinski definition) is 0. The van der Waals surface area contributed by atoms with E-state index in [-0.39, 0.29) is 0 Å². The fraction of sp³-hybridized carbons (Fsp3) is 0.684. The van der Waals surface area contributed by atoms with Crippen LogP contribution in [0.3, 0.4) is 0 Å². The van der Waals surface area contributed by atoms with Gasteiger partial charge in [-0.15, -0.1) is 0 Å². The van der Waals surface area contributed by atoms with E-state index in [0.717, 1.165) is 31.9 Å². The van der Waals surface area contributed by atoms with E-state index in [1.807, 2.05) is 10.9 Å². The summed E-state index contributed by atoms with van der Waals surface area (Å²) in [6.45, 7) is 9.90. The van der Waals surface area contributed by atoms with Crippen LogP contribution in [0, 0.1) is 12.8 Å². The summed E-state index contributed by atoms with van der Waals surface area (Å²) < 4.78 is 4.25. The van der Waals surface area contributed by atoms with E-state index in [0.29, 0.717) is 5.92 Å². The van der Waals surface area contributed by atoms with E-state index in [4.69, 9.17) is 0 Å². The number of likely N-dealkylation sites (tertiary alicyclic amines) is 1. The highest BCUT2D eigenvalue weighted by molar-refractivity contribution is 5.10. The number of fused-ring (bicyclic) bond motifs is 1. The molecule has 1 saturated heterocycles. The molecule has 0 N–H and O–H groups in total. The third-order valence-corrected chi connectivity index (χ3v) is 5.59. The Morgan fingerprint density at radius 1 is 1.12 bits per heavy atom. The van der Waals surface area contributed by atoms with Crippen molar-refractivity contribution in [2.45, 2.75) is 45.8 Å². The Bertz CT molecular complexity index is 697. The van der Waals surface area contributed by atoms with E-state index < -0.39 is 0 Å². The molecular formula is C19H30N6. The van der Waals surface area contributed by atoms with Crippen molar-refractivity contribution in [2.24, 2.45) is 13.0 Å². The Hall–Kier alpha value is -1.66. The minimum absolute atomic E-state index is 0.633. The molecule has 6 heteroatoms. The molecule has 0 radical (unpaired) electrons. The SMILES string of the molecule is Cc1cc(CN2Cc3ccnn3C[C@@H](CN3CCCCC3)C2)n(C)n1. The van der Waals surface area contributed by atoms with Crippen LogP contribution in [0.15, 0.2) is 18.3 Å². The molecule has 0 spiro atoms. The van der Waals surface area contributed by atoms with Crippen molar-refractivity contribution in [3.8, 4) is 0 Å². The molecule has 0 bridgehead atoms. The van der Waals surface area contributed by atoms with Crippen LogP contribution in [0.1, 0.15) is 36.3 Å². The minimum Gasteiger partial charge on any atom is -0.303 e. The first-order valence-electron chi connectivity index (χ1n) is 9.62. The summed E-state index contributed by atoms with van der Waals surface area (Å²) in [5.74, 6) is 0.633. The largest absolute Gasteiger partial charge is 0.303 e. The Kier molecular flexibility index (Phi) is 4.90.